The summed E-state index contributed by atoms with van der Waals surface area (Å²) in [6.45, 7) is 2.25. The van der Waals surface area contributed by atoms with E-state index in [4.69, 9.17) is 0 Å². The Hall–Kier alpha value is -1.04. The summed E-state index contributed by atoms with van der Waals surface area (Å²) in [4.78, 5) is -1.81. The summed E-state index contributed by atoms with van der Waals surface area (Å²) in [6, 6.07) is 3.47. The molecule has 0 amide bonds. The molecule has 0 aromatic heterocycles. The van der Waals surface area contributed by atoms with E-state index in [0.29, 0.717) is 23.6 Å². The highest BCUT2D eigenvalue weighted by Crippen LogP contribution is 3.02. The van der Waals surface area contributed by atoms with E-state index >= 15 is 0 Å². The zero-order chi connectivity index (χ0) is 22.6. The van der Waals surface area contributed by atoms with Crippen molar-refractivity contribution in [1.29, 1.82) is 0 Å². The number of halogens is 5. The van der Waals surface area contributed by atoms with E-state index in [9.17, 15) is 19.4 Å². The Labute approximate surface area is 184 Å². The Bertz CT molecular complexity index is 743. The maximum Gasteiger partial charge on any atom is 0.310 e. The molecule has 0 saturated heterocycles. The van der Waals surface area contributed by atoms with E-state index in [1.54, 1.807) is 0 Å². The number of hydrogen-bond donors (Lipinski definition) is 0. The van der Waals surface area contributed by atoms with Gasteiger partial charge in [-0.1, -0.05) is 95.9 Å². The van der Waals surface area contributed by atoms with E-state index in [2.05, 4.69) is 13.0 Å². The average molecular weight is 465 g/mol. The van der Waals surface area contributed by atoms with Gasteiger partial charge >= 0.3 is 10.2 Å². The quantitative estimate of drug-likeness (QED) is 0.252. The lowest BCUT2D eigenvalue weighted by molar-refractivity contribution is 0.187. The predicted molar refractivity (Wildman–Crippen MR) is 122 cm³/mol. The summed E-state index contributed by atoms with van der Waals surface area (Å²) in [5.74, 6) is 2.29. The lowest BCUT2D eigenvalue weighted by Gasteiger charge is -2.40. The van der Waals surface area contributed by atoms with Gasteiger partial charge in [-0.2, -0.15) is 0 Å². The van der Waals surface area contributed by atoms with Gasteiger partial charge in [0.05, 0.1) is 0 Å². The third kappa shape index (κ3) is 7.23. The van der Waals surface area contributed by atoms with Crippen LogP contribution in [0.4, 0.5) is 19.4 Å². The van der Waals surface area contributed by atoms with Crippen molar-refractivity contribution in [2.24, 2.45) is 17.8 Å². The van der Waals surface area contributed by atoms with Gasteiger partial charge in [0.25, 0.3) is 0 Å². The SMILES string of the molecule is CCCCCCC[C@H]1CC[C@H](C2CC=C(c3ccc(S(F)(F)(F)(F)F)cc3)CC2)CC1. The number of allylic oxidation sites excluding steroid dienone is 2. The second-order valence-electron chi connectivity index (χ2n) is 9.74. The molecule has 1 atom stereocenters. The second-order valence-corrected chi connectivity index (χ2v) is 12.2. The molecule has 1 aromatic carbocycles. The van der Waals surface area contributed by atoms with Gasteiger partial charge in [0.1, 0.15) is 4.90 Å². The van der Waals surface area contributed by atoms with E-state index in [1.165, 1.54) is 76.3 Å². The van der Waals surface area contributed by atoms with Crippen LogP contribution in [0.1, 0.15) is 96.0 Å². The lowest BCUT2D eigenvalue weighted by Crippen LogP contribution is -2.23. The van der Waals surface area contributed by atoms with Crippen molar-refractivity contribution in [3.63, 3.8) is 0 Å². The highest BCUT2D eigenvalue weighted by atomic mass is 32.5. The monoisotopic (exact) mass is 464 g/mol. The van der Waals surface area contributed by atoms with Crippen LogP contribution >= 0.6 is 10.2 Å². The highest BCUT2D eigenvalue weighted by molar-refractivity contribution is 8.45. The predicted octanol–water partition coefficient (Wildman–Crippen LogP) is 10.7. The molecular formula is C25H37F5S. The first-order valence-electron chi connectivity index (χ1n) is 12.0. The molecule has 0 N–H and O–H groups in total. The molecule has 3 rings (SSSR count). The van der Waals surface area contributed by atoms with Crippen molar-refractivity contribution in [2.45, 2.75) is 95.3 Å². The summed E-state index contributed by atoms with van der Waals surface area (Å²) in [6.07, 6.45) is 18.3. The molecule has 2 aliphatic rings. The molecule has 1 unspecified atom stereocenters. The van der Waals surface area contributed by atoms with Crippen molar-refractivity contribution in [1.82, 2.24) is 0 Å². The van der Waals surface area contributed by atoms with Gasteiger partial charge in [-0.05, 0) is 73.1 Å². The van der Waals surface area contributed by atoms with E-state index in [0.717, 1.165) is 36.7 Å². The van der Waals surface area contributed by atoms with E-state index < -0.39 is 15.1 Å². The van der Waals surface area contributed by atoms with Gasteiger partial charge in [-0.3, -0.25) is 0 Å². The third-order valence-corrected chi connectivity index (χ3v) is 8.56. The Morgan fingerprint density at radius 2 is 1.42 bits per heavy atom. The van der Waals surface area contributed by atoms with Gasteiger partial charge in [-0.15, -0.1) is 0 Å². The first-order chi connectivity index (χ1) is 14.5. The molecule has 2 aliphatic carbocycles. The van der Waals surface area contributed by atoms with Crippen LogP contribution < -0.4 is 0 Å². The van der Waals surface area contributed by atoms with Crippen LogP contribution in [-0.4, -0.2) is 0 Å². The standard InChI is InChI=1S/C25H37F5S/c1-2-3-4-5-6-7-20-8-10-21(11-9-20)22-12-14-23(15-13-22)24-16-18-25(19-17-24)31(26,27,28,29)30/h14,16-22H,2-13,15H2,1H3/t20-,21-,22?. The smallest absolute Gasteiger partial charge is 0.0936 e. The van der Waals surface area contributed by atoms with Crippen molar-refractivity contribution in [2.75, 3.05) is 0 Å². The first-order valence-corrected chi connectivity index (χ1v) is 13.9. The molecule has 0 spiro atoms. The molecule has 178 valence electrons. The number of unbranched alkanes of at least 4 members (excludes halogenated alkanes) is 4. The average Bonchev–Trinajstić information content (AvgIpc) is 2.73. The second kappa shape index (κ2) is 9.07. The van der Waals surface area contributed by atoms with Gasteiger partial charge in [0.2, 0.25) is 0 Å². The largest absolute Gasteiger partial charge is 0.310 e. The number of rotatable bonds is 9. The van der Waals surface area contributed by atoms with E-state index in [1.807, 2.05) is 0 Å². The zero-order valence-corrected chi connectivity index (χ0v) is 19.4. The van der Waals surface area contributed by atoms with Crippen LogP contribution in [0.5, 0.6) is 0 Å². The van der Waals surface area contributed by atoms with Crippen molar-refractivity contribution in [3.05, 3.63) is 35.9 Å². The van der Waals surface area contributed by atoms with Crippen LogP contribution in [0.15, 0.2) is 35.2 Å². The lowest BCUT2D eigenvalue weighted by atomic mass is 9.70. The summed E-state index contributed by atoms with van der Waals surface area (Å²) < 4.78 is 64.5. The Morgan fingerprint density at radius 3 is 1.97 bits per heavy atom. The van der Waals surface area contributed by atoms with Gasteiger partial charge < -0.3 is 0 Å². The minimum atomic E-state index is -9.59. The molecule has 1 saturated carbocycles. The third-order valence-electron chi connectivity index (χ3n) is 7.40. The Kier molecular flexibility index (Phi) is 7.20. The fourth-order valence-electron chi connectivity index (χ4n) is 5.46. The van der Waals surface area contributed by atoms with Crippen molar-refractivity contribution < 1.29 is 19.4 Å². The summed E-state index contributed by atoms with van der Waals surface area (Å²) in [5, 5.41) is 0. The maximum absolute atomic E-state index is 12.9. The molecule has 1 fully saturated rings. The fraction of sp³-hybridized carbons (Fsp3) is 0.680. The summed E-state index contributed by atoms with van der Waals surface area (Å²) in [7, 11) is -9.59. The normalized spacial score (nSPS) is 27.3. The minimum absolute atomic E-state index is 0.535. The molecule has 31 heavy (non-hydrogen) atoms. The summed E-state index contributed by atoms with van der Waals surface area (Å²) >= 11 is 0. The van der Waals surface area contributed by atoms with E-state index in [-0.39, 0.29) is 0 Å². The van der Waals surface area contributed by atoms with Crippen LogP contribution in [0, 0.1) is 17.8 Å². The van der Waals surface area contributed by atoms with Gasteiger partial charge in [0.15, 0.2) is 0 Å². The molecule has 0 bridgehead atoms. The maximum atomic E-state index is 12.9. The Balaban J connectivity index is 1.47. The fourth-order valence-corrected chi connectivity index (χ4v) is 6.11. The molecular weight excluding hydrogens is 427 g/mol. The van der Waals surface area contributed by atoms with Crippen LogP contribution in [0.25, 0.3) is 5.57 Å². The van der Waals surface area contributed by atoms with Crippen molar-refractivity contribution >= 4 is 15.8 Å². The number of benzene rings is 1. The van der Waals surface area contributed by atoms with Gasteiger partial charge in [0, 0.05) is 0 Å². The van der Waals surface area contributed by atoms with Gasteiger partial charge in [-0.25, -0.2) is 0 Å². The molecule has 6 heteroatoms. The number of hydrogen-bond acceptors (Lipinski definition) is 0. The molecule has 0 nitrogen and oxygen atoms in total. The minimum Gasteiger partial charge on any atom is -0.0936 e. The molecule has 0 aliphatic heterocycles. The first kappa shape index (κ1) is 24.6. The van der Waals surface area contributed by atoms with Crippen LogP contribution in [-0.2, 0) is 0 Å². The molecule has 0 radical (unpaired) electrons. The zero-order valence-electron chi connectivity index (χ0n) is 18.6. The van der Waals surface area contributed by atoms with Crippen molar-refractivity contribution in [3.8, 4) is 0 Å². The van der Waals surface area contributed by atoms with Crippen LogP contribution in [0.2, 0.25) is 0 Å². The van der Waals surface area contributed by atoms with Crippen LogP contribution in [0.3, 0.4) is 0 Å². The topological polar surface area (TPSA) is 0 Å². The highest BCUT2D eigenvalue weighted by Gasteiger charge is 2.65. The molecule has 0 heterocycles. The molecule has 1 aromatic rings. The Morgan fingerprint density at radius 1 is 0.774 bits per heavy atom. The summed E-state index contributed by atoms with van der Waals surface area (Å²) in [5.41, 5.74) is 1.63.